The van der Waals surface area contributed by atoms with Crippen LogP contribution in [0.4, 0.5) is 0 Å². The Balaban J connectivity index is 5.24. The number of guanidine groups is 2. The van der Waals surface area contributed by atoms with Gasteiger partial charge in [0.1, 0.15) is 0 Å². The maximum Gasteiger partial charge on any atom is 0.215 e. The van der Waals surface area contributed by atoms with Crippen molar-refractivity contribution in [3.8, 4) is 0 Å². The van der Waals surface area contributed by atoms with E-state index in [0.29, 0.717) is 0 Å². The van der Waals surface area contributed by atoms with Gasteiger partial charge in [-0.15, -0.1) is 0 Å². The quantitative estimate of drug-likeness (QED) is 0.415. The minimum Gasteiger partial charge on any atom is -0.369 e. The largest absolute Gasteiger partial charge is 0.369 e. The standard InChI is InChI=1S/C10H23N5/c1-9(2,3)15(10(4,5)6)8(13)14-7(11)12/h1-6H3,(H5,11,12,13,14). The smallest absolute Gasteiger partial charge is 0.215 e. The van der Waals surface area contributed by atoms with Crippen LogP contribution in [-0.4, -0.2) is 27.9 Å². The molecule has 0 aliphatic carbocycles. The van der Waals surface area contributed by atoms with E-state index >= 15 is 0 Å². The van der Waals surface area contributed by atoms with E-state index in [0.717, 1.165) is 0 Å². The average molecular weight is 213 g/mol. The Morgan fingerprint density at radius 2 is 1.33 bits per heavy atom. The predicted octanol–water partition coefficient (Wildman–Crippen LogP) is 1.09. The van der Waals surface area contributed by atoms with Crippen LogP contribution in [0.3, 0.4) is 0 Å². The van der Waals surface area contributed by atoms with Gasteiger partial charge in [-0.2, -0.15) is 4.99 Å². The van der Waals surface area contributed by atoms with Gasteiger partial charge in [-0.25, -0.2) is 0 Å². The molecule has 0 spiro atoms. The van der Waals surface area contributed by atoms with Crippen molar-refractivity contribution in [2.24, 2.45) is 16.5 Å². The van der Waals surface area contributed by atoms with Gasteiger partial charge in [0.2, 0.25) is 5.96 Å². The molecule has 0 unspecified atom stereocenters. The first-order valence-corrected chi connectivity index (χ1v) is 4.95. The highest BCUT2D eigenvalue weighted by Crippen LogP contribution is 2.24. The lowest BCUT2D eigenvalue weighted by Gasteiger charge is -2.46. The zero-order valence-corrected chi connectivity index (χ0v) is 10.5. The Bertz CT molecular complexity index is 253. The number of nitrogens with two attached hydrogens (primary N) is 2. The lowest BCUT2D eigenvalue weighted by molar-refractivity contribution is 0.122. The summed E-state index contributed by atoms with van der Waals surface area (Å²) < 4.78 is 0. The summed E-state index contributed by atoms with van der Waals surface area (Å²) in [5, 5.41) is 7.11. The van der Waals surface area contributed by atoms with Crippen LogP contribution in [0.2, 0.25) is 0 Å². The third-order valence-electron chi connectivity index (χ3n) is 1.81. The Morgan fingerprint density at radius 1 is 1.00 bits per heavy atom. The lowest BCUT2D eigenvalue weighted by Crippen LogP contribution is -2.58. The third-order valence-corrected chi connectivity index (χ3v) is 1.81. The molecule has 88 valence electrons. The monoisotopic (exact) mass is 213 g/mol. The molecule has 0 saturated heterocycles. The van der Waals surface area contributed by atoms with E-state index in [4.69, 9.17) is 16.9 Å². The van der Waals surface area contributed by atoms with Gasteiger partial charge in [-0.05, 0) is 41.5 Å². The molecule has 0 atom stereocenters. The highest BCUT2D eigenvalue weighted by molar-refractivity contribution is 5.92. The lowest BCUT2D eigenvalue weighted by atomic mass is 9.97. The summed E-state index contributed by atoms with van der Waals surface area (Å²) >= 11 is 0. The summed E-state index contributed by atoms with van der Waals surface area (Å²) in [7, 11) is 0. The molecule has 0 aromatic carbocycles. The molecule has 0 saturated carbocycles. The molecule has 15 heavy (non-hydrogen) atoms. The van der Waals surface area contributed by atoms with Crippen molar-refractivity contribution in [3.05, 3.63) is 0 Å². The summed E-state index contributed by atoms with van der Waals surface area (Å²) in [4.78, 5) is 5.74. The summed E-state index contributed by atoms with van der Waals surface area (Å²) in [5.74, 6) is 0.00787. The summed E-state index contributed by atoms with van der Waals surface area (Å²) in [6.45, 7) is 12.3. The summed E-state index contributed by atoms with van der Waals surface area (Å²) in [6.07, 6.45) is 0. The molecule has 0 heterocycles. The molecule has 0 aromatic heterocycles. The fourth-order valence-electron chi connectivity index (χ4n) is 1.87. The van der Waals surface area contributed by atoms with E-state index in [9.17, 15) is 0 Å². The van der Waals surface area contributed by atoms with E-state index in [1.165, 1.54) is 0 Å². The van der Waals surface area contributed by atoms with E-state index < -0.39 is 0 Å². The number of hydrogen-bond acceptors (Lipinski definition) is 1. The highest BCUT2D eigenvalue weighted by atomic mass is 15.3. The maximum atomic E-state index is 7.11. The van der Waals surface area contributed by atoms with Crippen LogP contribution in [-0.2, 0) is 0 Å². The fourth-order valence-corrected chi connectivity index (χ4v) is 1.87. The Kier molecular flexibility index (Phi) is 3.74. The van der Waals surface area contributed by atoms with Crippen molar-refractivity contribution < 1.29 is 0 Å². The minimum atomic E-state index is -0.272. The van der Waals surface area contributed by atoms with Crippen molar-refractivity contribution in [2.45, 2.75) is 52.6 Å². The molecule has 0 aliphatic rings. The van der Waals surface area contributed by atoms with Gasteiger partial charge in [0.05, 0.1) is 0 Å². The van der Waals surface area contributed by atoms with Gasteiger partial charge >= 0.3 is 0 Å². The molecule has 5 nitrogen and oxygen atoms in total. The van der Waals surface area contributed by atoms with Crippen LogP contribution < -0.4 is 11.5 Å². The first kappa shape index (κ1) is 13.7. The molecular formula is C10H23N5. The molecule has 0 amide bonds. The van der Waals surface area contributed by atoms with E-state index in [2.05, 4.69) is 4.99 Å². The molecule has 5 heteroatoms. The fraction of sp³-hybridized carbons (Fsp3) is 0.800. The Labute approximate surface area is 92.0 Å². The number of hydrogen-bond donors (Lipinski definition) is 3. The highest BCUT2D eigenvalue weighted by Gasteiger charge is 2.33. The van der Waals surface area contributed by atoms with Crippen LogP contribution in [0.1, 0.15) is 41.5 Å². The molecule has 0 radical (unpaired) electrons. The second-order valence-electron chi connectivity index (χ2n) is 5.53. The zero-order chi connectivity index (χ0) is 12.4. The molecule has 0 rings (SSSR count). The van der Waals surface area contributed by atoms with Gasteiger partial charge in [-0.3, -0.25) is 5.41 Å². The van der Waals surface area contributed by atoms with Crippen molar-refractivity contribution in [3.63, 3.8) is 0 Å². The Morgan fingerprint density at radius 3 is 1.53 bits per heavy atom. The number of nitrogens with one attached hydrogen (secondary N) is 1. The first-order valence-electron chi connectivity index (χ1n) is 4.95. The number of aliphatic imine (C=N–C) groups is 1. The SMILES string of the molecule is CC(C)(C)N(C(N)=NC(=N)N)C(C)(C)C. The molecule has 0 bridgehead atoms. The number of nitrogens with zero attached hydrogens (tertiary/aromatic N) is 2. The summed E-state index contributed by atoms with van der Waals surface area (Å²) in [6, 6.07) is 0. The molecular weight excluding hydrogens is 190 g/mol. The second kappa shape index (κ2) is 4.08. The normalized spacial score (nSPS) is 13.9. The van der Waals surface area contributed by atoms with Crippen molar-refractivity contribution in [2.75, 3.05) is 0 Å². The van der Waals surface area contributed by atoms with Crippen LogP contribution in [0.15, 0.2) is 4.99 Å². The van der Waals surface area contributed by atoms with Crippen molar-refractivity contribution in [1.82, 2.24) is 4.90 Å². The van der Waals surface area contributed by atoms with Crippen molar-refractivity contribution in [1.29, 1.82) is 5.41 Å². The van der Waals surface area contributed by atoms with Crippen molar-refractivity contribution >= 4 is 11.9 Å². The van der Waals surface area contributed by atoms with E-state index in [-0.39, 0.29) is 23.0 Å². The van der Waals surface area contributed by atoms with Gasteiger partial charge < -0.3 is 16.4 Å². The predicted molar refractivity (Wildman–Crippen MR) is 64.9 cm³/mol. The first-order chi connectivity index (χ1) is 6.46. The minimum absolute atomic E-state index is 0.165. The third kappa shape index (κ3) is 4.18. The van der Waals surface area contributed by atoms with Crippen LogP contribution in [0.5, 0.6) is 0 Å². The molecule has 0 fully saturated rings. The topological polar surface area (TPSA) is 91.5 Å². The zero-order valence-electron chi connectivity index (χ0n) is 10.5. The van der Waals surface area contributed by atoms with E-state index in [1.54, 1.807) is 0 Å². The Hall–Kier alpha value is -1.26. The van der Waals surface area contributed by atoms with Gasteiger partial charge in [0.15, 0.2) is 5.96 Å². The maximum absolute atomic E-state index is 7.11. The van der Waals surface area contributed by atoms with Crippen LogP contribution in [0.25, 0.3) is 0 Å². The summed E-state index contributed by atoms with van der Waals surface area (Å²) in [5.41, 5.74) is 10.7. The van der Waals surface area contributed by atoms with Crippen LogP contribution in [0, 0.1) is 5.41 Å². The molecule has 0 aliphatic heterocycles. The molecule has 0 aromatic rings. The number of rotatable bonds is 0. The molecule has 5 N–H and O–H groups in total. The van der Waals surface area contributed by atoms with E-state index in [1.807, 2.05) is 46.4 Å². The second-order valence-corrected chi connectivity index (χ2v) is 5.53. The van der Waals surface area contributed by atoms with Crippen LogP contribution >= 0.6 is 0 Å². The van der Waals surface area contributed by atoms with Gasteiger partial charge in [0, 0.05) is 11.1 Å². The average Bonchev–Trinajstić information content (AvgIpc) is 1.74. The van der Waals surface area contributed by atoms with Gasteiger partial charge in [-0.1, -0.05) is 0 Å². The van der Waals surface area contributed by atoms with Gasteiger partial charge in [0.25, 0.3) is 0 Å².